The number of rotatable bonds is 2. The van der Waals surface area contributed by atoms with Gasteiger partial charge in [-0.15, -0.1) is 0 Å². The molecule has 0 bridgehead atoms. The fourth-order valence-electron chi connectivity index (χ4n) is 5.97. The van der Waals surface area contributed by atoms with Crippen LogP contribution in [0.2, 0.25) is 5.02 Å². The number of hydrogen-bond acceptors (Lipinski definition) is 3. The Bertz CT molecular complexity index is 1220. The van der Waals surface area contributed by atoms with Crippen molar-refractivity contribution in [1.82, 2.24) is 14.8 Å². The van der Waals surface area contributed by atoms with E-state index >= 15 is 0 Å². The highest BCUT2D eigenvalue weighted by atomic mass is 79.9. The largest absolute Gasteiger partial charge is 0.343 e. The molecular formula is C29H33BrClN3O2. The van der Waals surface area contributed by atoms with Gasteiger partial charge in [-0.25, -0.2) is 0 Å². The molecule has 7 heteroatoms. The van der Waals surface area contributed by atoms with E-state index in [1.165, 1.54) is 33.4 Å². The topological polar surface area (TPSA) is 53.5 Å². The van der Waals surface area contributed by atoms with Crippen molar-refractivity contribution >= 4 is 44.9 Å². The number of carbonyl (C=O) groups excluding carboxylic acids is 2. The van der Waals surface area contributed by atoms with Gasteiger partial charge in [0, 0.05) is 55.8 Å². The molecule has 2 saturated heterocycles. The molecule has 2 aromatic rings. The van der Waals surface area contributed by atoms with Gasteiger partial charge in [0.25, 0.3) is 0 Å². The van der Waals surface area contributed by atoms with Crippen LogP contribution >= 0.6 is 27.5 Å². The standard InChI is InChI=1S/C29H33BrClN3O2/c1-18-15-22-3-4-24-23(5-6-25(31)28(24)30)27(29(22)32-17-18)21-9-13-34(14-10-21)26(36)16-20-7-11-33(12-8-20)19(2)35/h5-6,15,17,20H,3-4,7-14,16H2,1-2H3. The Hall–Kier alpha value is -2.18. The third-order valence-corrected chi connectivity index (χ3v) is 9.50. The van der Waals surface area contributed by atoms with E-state index in [2.05, 4.69) is 35.0 Å². The van der Waals surface area contributed by atoms with Gasteiger partial charge in [0.15, 0.2) is 0 Å². The average Bonchev–Trinajstić information content (AvgIpc) is 3.03. The van der Waals surface area contributed by atoms with Crippen LogP contribution in [0.15, 0.2) is 34.4 Å². The molecule has 0 saturated carbocycles. The summed E-state index contributed by atoms with van der Waals surface area (Å²) in [6.07, 6.45) is 7.96. The van der Waals surface area contributed by atoms with Crippen LogP contribution in [0.3, 0.4) is 0 Å². The number of aromatic nitrogens is 1. The smallest absolute Gasteiger partial charge is 0.222 e. The number of fused-ring (bicyclic) bond motifs is 2. The average molecular weight is 571 g/mol. The zero-order valence-corrected chi connectivity index (χ0v) is 23.4. The molecule has 1 aromatic carbocycles. The van der Waals surface area contributed by atoms with Crippen LogP contribution in [0.5, 0.6) is 0 Å². The summed E-state index contributed by atoms with van der Waals surface area (Å²) < 4.78 is 0.979. The third-order valence-electron chi connectivity index (χ3n) is 8.05. The first-order valence-corrected chi connectivity index (χ1v) is 14.2. The molecule has 3 heterocycles. The summed E-state index contributed by atoms with van der Waals surface area (Å²) in [5, 5.41) is 0.739. The lowest BCUT2D eigenvalue weighted by molar-refractivity contribution is -0.133. The van der Waals surface area contributed by atoms with Gasteiger partial charge in [0.05, 0.1) is 10.7 Å². The molecule has 2 amide bonds. The maximum absolute atomic E-state index is 13.1. The number of aryl methyl sites for hydroxylation is 2. The molecule has 3 aliphatic rings. The van der Waals surface area contributed by atoms with Gasteiger partial charge < -0.3 is 9.80 Å². The van der Waals surface area contributed by atoms with Crippen molar-refractivity contribution in [2.75, 3.05) is 26.2 Å². The minimum atomic E-state index is 0.136. The van der Waals surface area contributed by atoms with Gasteiger partial charge >= 0.3 is 0 Å². The van der Waals surface area contributed by atoms with Crippen molar-refractivity contribution in [3.05, 3.63) is 67.4 Å². The van der Waals surface area contributed by atoms with E-state index in [-0.39, 0.29) is 11.8 Å². The summed E-state index contributed by atoms with van der Waals surface area (Å²) in [6.45, 7) is 6.76. The highest BCUT2D eigenvalue weighted by molar-refractivity contribution is 9.10. The summed E-state index contributed by atoms with van der Waals surface area (Å²) in [4.78, 5) is 33.6. The predicted molar refractivity (Wildman–Crippen MR) is 147 cm³/mol. The highest BCUT2D eigenvalue weighted by Crippen LogP contribution is 2.42. The first-order chi connectivity index (χ1) is 17.3. The minimum absolute atomic E-state index is 0.136. The van der Waals surface area contributed by atoms with E-state index in [4.69, 9.17) is 16.6 Å². The molecule has 190 valence electrons. The molecule has 0 spiro atoms. The Morgan fingerprint density at radius 3 is 2.47 bits per heavy atom. The lowest BCUT2D eigenvalue weighted by Crippen LogP contribution is -2.41. The van der Waals surface area contributed by atoms with Crippen LogP contribution in [0.4, 0.5) is 0 Å². The first-order valence-electron chi connectivity index (χ1n) is 13.0. The molecule has 5 rings (SSSR count). The number of halogens is 2. The molecule has 1 aliphatic carbocycles. The van der Waals surface area contributed by atoms with Crippen LogP contribution < -0.4 is 0 Å². The van der Waals surface area contributed by atoms with E-state index in [9.17, 15) is 9.59 Å². The lowest BCUT2D eigenvalue weighted by Gasteiger charge is -2.34. The first kappa shape index (κ1) is 25.5. The second kappa shape index (κ2) is 10.7. The van der Waals surface area contributed by atoms with Crippen LogP contribution in [0, 0.1) is 12.8 Å². The van der Waals surface area contributed by atoms with E-state index < -0.39 is 0 Å². The predicted octanol–water partition coefficient (Wildman–Crippen LogP) is 5.98. The number of carbonyl (C=O) groups is 2. The van der Waals surface area contributed by atoms with Gasteiger partial charge in [-0.3, -0.25) is 14.6 Å². The van der Waals surface area contributed by atoms with E-state index in [0.29, 0.717) is 12.3 Å². The van der Waals surface area contributed by atoms with Crippen LogP contribution in [-0.4, -0.2) is 52.8 Å². The van der Waals surface area contributed by atoms with Crippen molar-refractivity contribution in [2.24, 2.45) is 5.92 Å². The number of amides is 2. The Morgan fingerprint density at radius 1 is 1.06 bits per heavy atom. The highest BCUT2D eigenvalue weighted by Gasteiger charge is 2.29. The lowest BCUT2D eigenvalue weighted by atomic mass is 9.88. The molecule has 1 aromatic heterocycles. The normalized spacial score (nSPS) is 18.6. The summed E-state index contributed by atoms with van der Waals surface area (Å²) in [7, 11) is 0. The van der Waals surface area contributed by atoms with Gasteiger partial charge in [-0.05, 0) is 95.6 Å². The number of pyridine rings is 1. The van der Waals surface area contributed by atoms with Crippen molar-refractivity contribution in [3.63, 3.8) is 0 Å². The van der Waals surface area contributed by atoms with Gasteiger partial charge in [0.1, 0.15) is 0 Å². The second-order valence-corrected chi connectivity index (χ2v) is 11.6. The SMILES string of the molecule is CC(=O)N1CCC(CC(=O)N2CCC(=C3c4ccc(Cl)c(Br)c4CCc4cc(C)cnc43)CC2)CC1. The molecule has 2 fully saturated rings. The number of benzene rings is 1. The zero-order chi connectivity index (χ0) is 25.4. The van der Waals surface area contributed by atoms with Crippen molar-refractivity contribution < 1.29 is 9.59 Å². The second-order valence-electron chi connectivity index (χ2n) is 10.4. The van der Waals surface area contributed by atoms with Gasteiger partial charge in [0.2, 0.25) is 11.8 Å². The van der Waals surface area contributed by atoms with Crippen molar-refractivity contribution in [2.45, 2.75) is 58.8 Å². The Balaban J connectivity index is 1.36. The van der Waals surface area contributed by atoms with Crippen molar-refractivity contribution in [1.29, 1.82) is 0 Å². The van der Waals surface area contributed by atoms with Gasteiger partial charge in [-0.1, -0.05) is 29.3 Å². The number of hydrogen-bond donors (Lipinski definition) is 0. The molecule has 0 unspecified atom stereocenters. The molecule has 2 aliphatic heterocycles. The minimum Gasteiger partial charge on any atom is -0.343 e. The van der Waals surface area contributed by atoms with Crippen molar-refractivity contribution in [3.8, 4) is 0 Å². The van der Waals surface area contributed by atoms with Crippen LogP contribution in [0.25, 0.3) is 5.57 Å². The monoisotopic (exact) mass is 569 g/mol. The van der Waals surface area contributed by atoms with Crippen LogP contribution in [-0.2, 0) is 22.4 Å². The molecule has 0 atom stereocenters. The maximum atomic E-state index is 13.1. The maximum Gasteiger partial charge on any atom is 0.222 e. The third kappa shape index (κ3) is 5.12. The number of nitrogens with zero attached hydrogens (tertiary/aromatic N) is 3. The van der Waals surface area contributed by atoms with Crippen LogP contribution in [0.1, 0.15) is 67.0 Å². The van der Waals surface area contributed by atoms with Gasteiger partial charge in [-0.2, -0.15) is 0 Å². The number of piperidine rings is 2. The quantitative estimate of drug-likeness (QED) is 0.447. The number of likely N-dealkylation sites (tertiary alicyclic amines) is 2. The van der Waals surface area contributed by atoms with E-state index in [1.807, 2.05) is 22.1 Å². The molecule has 0 N–H and O–H groups in total. The summed E-state index contributed by atoms with van der Waals surface area (Å²) >= 11 is 10.2. The zero-order valence-electron chi connectivity index (χ0n) is 21.1. The fraction of sp³-hybridized carbons (Fsp3) is 0.483. The fourth-order valence-corrected chi connectivity index (χ4v) is 6.69. The summed E-state index contributed by atoms with van der Waals surface area (Å²) in [5.41, 5.74) is 8.62. The Labute approximate surface area is 227 Å². The molecule has 5 nitrogen and oxygen atoms in total. The molecule has 36 heavy (non-hydrogen) atoms. The van der Waals surface area contributed by atoms with E-state index in [0.717, 1.165) is 79.9 Å². The Kier molecular flexibility index (Phi) is 7.55. The summed E-state index contributed by atoms with van der Waals surface area (Å²) in [5.74, 6) is 0.769. The molecule has 0 radical (unpaired) electrons. The molecular weight excluding hydrogens is 538 g/mol. The summed E-state index contributed by atoms with van der Waals surface area (Å²) in [6, 6.07) is 6.38. The van der Waals surface area contributed by atoms with E-state index in [1.54, 1.807) is 6.92 Å². The Morgan fingerprint density at radius 2 is 1.78 bits per heavy atom.